The predicted molar refractivity (Wildman–Crippen MR) is 59.4 cm³/mol. The first-order chi connectivity index (χ1) is 7.31. The predicted octanol–water partition coefficient (Wildman–Crippen LogP) is 1.75. The van der Waals surface area contributed by atoms with Crippen LogP contribution in [0, 0.1) is 11.3 Å². The zero-order chi connectivity index (χ0) is 11.1. The van der Waals surface area contributed by atoms with E-state index >= 15 is 0 Å². The minimum absolute atomic E-state index is 0.341. The van der Waals surface area contributed by atoms with Crippen LogP contribution in [-0.2, 0) is 0 Å². The molecule has 78 valence electrons. The van der Waals surface area contributed by atoms with E-state index in [0.717, 1.165) is 25.3 Å². The molecular weight excluding hydrogens is 188 g/mol. The van der Waals surface area contributed by atoms with Crippen LogP contribution in [0.15, 0.2) is 25.0 Å². The van der Waals surface area contributed by atoms with Gasteiger partial charge in [0, 0.05) is 13.1 Å². The summed E-state index contributed by atoms with van der Waals surface area (Å²) in [6.45, 7) is 7.46. The summed E-state index contributed by atoms with van der Waals surface area (Å²) in [6.07, 6.45) is 5.98. The number of rotatable bonds is 5. The third kappa shape index (κ3) is 3.06. The average Bonchev–Trinajstić information content (AvgIpc) is 2.29. The second-order valence-electron chi connectivity index (χ2n) is 3.11. The van der Waals surface area contributed by atoms with Crippen molar-refractivity contribution in [2.75, 3.05) is 18.0 Å². The van der Waals surface area contributed by atoms with Gasteiger partial charge in [-0.3, -0.25) is 0 Å². The second-order valence-corrected chi connectivity index (χ2v) is 3.11. The van der Waals surface area contributed by atoms with Crippen LogP contribution in [0.3, 0.4) is 0 Å². The number of anilines is 1. The number of nitriles is 1. The lowest BCUT2D eigenvalue weighted by atomic mass is 10.4. The number of nitrogens with zero attached hydrogens (tertiary/aromatic N) is 4. The molecule has 0 amide bonds. The first-order valence-corrected chi connectivity index (χ1v) is 4.89. The van der Waals surface area contributed by atoms with Crippen molar-refractivity contribution in [1.29, 1.82) is 5.26 Å². The Bertz CT molecular complexity index is 350. The molecule has 0 aliphatic heterocycles. The molecule has 4 nitrogen and oxygen atoms in total. The van der Waals surface area contributed by atoms with Crippen LogP contribution in [-0.4, -0.2) is 23.1 Å². The lowest BCUT2D eigenvalue weighted by Crippen LogP contribution is -2.25. The molecule has 1 aromatic heterocycles. The minimum Gasteiger partial charge on any atom is -0.352 e. The molecule has 4 heteroatoms. The molecule has 0 bridgehead atoms. The lowest BCUT2D eigenvalue weighted by Gasteiger charge is -2.20. The van der Waals surface area contributed by atoms with Crippen molar-refractivity contribution in [3.63, 3.8) is 0 Å². The Morgan fingerprint density at radius 2 is 2.33 bits per heavy atom. The van der Waals surface area contributed by atoms with Crippen LogP contribution in [0.5, 0.6) is 0 Å². The van der Waals surface area contributed by atoms with E-state index in [2.05, 4.69) is 28.4 Å². The highest BCUT2D eigenvalue weighted by Crippen LogP contribution is 2.09. The fourth-order valence-electron chi connectivity index (χ4n) is 1.27. The summed E-state index contributed by atoms with van der Waals surface area (Å²) in [5, 5.41) is 8.59. The van der Waals surface area contributed by atoms with E-state index in [1.54, 1.807) is 6.20 Å². The Kier molecular flexibility index (Phi) is 4.30. The van der Waals surface area contributed by atoms with Crippen molar-refractivity contribution in [2.24, 2.45) is 0 Å². The maximum absolute atomic E-state index is 8.59. The second kappa shape index (κ2) is 5.76. The summed E-state index contributed by atoms with van der Waals surface area (Å²) in [5.74, 6) is 0.788. The van der Waals surface area contributed by atoms with Crippen molar-refractivity contribution in [1.82, 2.24) is 9.97 Å². The maximum Gasteiger partial charge on any atom is 0.158 e. The van der Waals surface area contributed by atoms with E-state index in [1.165, 1.54) is 6.20 Å². The fourth-order valence-corrected chi connectivity index (χ4v) is 1.27. The summed E-state index contributed by atoms with van der Waals surface area (Å²) in [7, 11) is 0. The summed E-state index contributed by atoms with van der Waals surface area (Å²) >= 11 is 0. The molecule has 0 spiro atoms. The van der Waals surface area contributed by atoms with Gasteiger partial charge in [-0.1, -0.05) is 13.0 Å². The SMILES string of the molecule is C=CCN(CCC)c1cnc(C#N)cn1. The van der Waals surface area contributed by atoms with E-state index in [9.17, 15) is 0 Å². The highest BCUT2D eigenvalue weighted by Gasteiger charge is 2.05. The first kappa shape index (κ1) is 11.2. The van der Waals surface area contributed by atoms with Crippen molar-refractivity contribution in [3.05, 3.63) is 30.7 Å². The van der Waals surface area contributed by atoms with Gasteiger partial charge in [0.1, 0.15) is 11.9 Å². The summed E-state index contributed by atoms with van der Waals surface area (Å²) in [6, 6.07) is 1.94. The van der Waals surface area contributed by atoms with Gasteiger partial charge in [-0.2, -0.15) is 5.26 Å². The van der Waals surface area contributed by atoms with Gasteiger partial charge in [0.2, 0.25) is 0 Å². The standard InChI is InChI=1S/C11H14N4/c1-3-5-15(6-4-2)11-9-13-10(7-12)8-14-11/h3,8-9H,1,4-6H2,2H3. The Labute approximate surface area is 89.9 Å². The summed E-state index contributed by atoms with van der Waals surface area (Å²) in [4.78, 5) is 10.2. The molecule has 0 aromatic carbocycles. The van der Waals surface area contributed by atoms with E-state index in [1.807, 2.05) is 12.1 Å². The highest BCUT2D eigenvalue weighted by atomic mass is 15.2. The molecule has 0 fully saturated rings. The van der Waals surface area contributed by atoms with Crippen LogP contribution >= 0.6 is 0 Å². The molecule has 0 unspecified atom stereocenters. The lowest BCUT2D eigenvalue weighted by molar-refractivity contribution is 0.798. The number of hydrogen-bond donors (Lipinski definition) is 0. The van der Waals surface area contributed by atoms with Gasteiger partial charge in [-0.15, -0.1) is 6.58 Å². The molecule has 15 heavy (non-hydrogen) atoms. The van der Waals surface area contributed by atoms with Gasteiger partial charge in [0.15, 0.2) is 5.69 Å². The summed E-state index contributed by atoms with van der Waals surface area (Å²) < 4.78 is 0. The van der Waals surface area contributed by atoms with Gasteiger partial charge in [-0.05, 0) is 6.42 Å². The Balaban J connectivity index is 2.81. The molecule has 0 N–H and O–H groups in total. The normalized spacial score (nSPS) is 9.33. The van der Waals surface area contributed by atoms with Gasteiger partial charge in [0.05, 0.1) is 12.4 Å². The third-order valence-corrected chi connectivity index (χ3v) is 1.92. The highest BCUT2D eigenvalue weighted by molar-refractivity contribution is 5.37. The topological polar surface area (TPSA) is 52.8 Å². The van der Waals surface area contributed by atoms with E-state index in [0.29, 0.717) is 5.69 Å². The quantitative estimate of drug-likeness (QED) is 0.682. The average molecular weight is 202 g/mol. The van der Waals surface area contributed by atoms with Crippen molar-refractivity contribution in [2.45, 2.75) is 13.3 Å². The van der Waals surface area contributed by atoms with Crippen LogP contribution in [0.1, 0.15) is 19.0 Å². The zero-order valence-electron chi connectivity index (χ0n) is 8.85. The van der Waals surface area contributed by atoms with Crippen LogP contribution < -0.4 is 4.90 Å². The van der Waals surface area contributed by atoms with Crippen molar-refractivity contribution < 1.29 is 0 Å². The Morgan fingerprint density at radius 1 is 1.53 bits per heavy atom. The number of aromatic nitrogens is 2. The minimum atomic E-state index is 0.341. The van der Waals surface area contributed by atoms with Crippen molar-refractivity contribution in [3.8, 4) is 6.07 Å². The van der Waals surface area contributed by atoms with E-state index in [4.69, 9.17) is 5.26 Å². The molecule has 1 rings (SSSR count). The molecule has 0 radical (unpaired) electrons. The molecule has 1 aromatic rings. The van der Waals surface area contributed by atoms with Crippen molar-refractivity contribution >= 4 is 5.82 Å². The summed E-state index contributed by atoms with van der Waals surface area (Å²) in [5.41, 5.74) is 0.341. The maximum atomic E-state index is 8.59. The smallest absolute Gasteiger partial charge is 0.158 e. The van der Waals surface area contributed by atoms with Gasteiger partial charge < -0.3 is 4.90 Å². The monoisotopic (exact) mass is 202 g/mol. The van der Waals surface area contributed by atoms with E-state index in [-0.39, 0.29) is 0 Å². The van der Waals surface area contributed by atoms with Gasteiger partial charge >= 0.3 is 0 Å². The molecular formula is C11H14N4. The Hall–Kier alpha value is -1.89. The third-order valence-electron chi connectivity index (χ3n) is 1.92. The number of hydrogen-bond acceptors (Lipinski definition) is 4. The fraction of sp³-hybridized carbons (Fsp3) is 0.364. The van der Waals surface area contributed by atoms with Gasteiger partial charge in [0.25, 0.3) is 0 Å². The zero-order valence-corrected chi connectivity index (χ0v) is 8.85. The van der Waals surface area contributed by atoms with Crippen LogP contribution in [0.4, 0.5) is 5.82 Å². The largest absolute Gasteiger partial charge is 0.352 e. The van der Waals surface area contributed by atoms with Crippen LogP contribution in [0.25, 0.3) is 0 Å². The molecule has 0 aliphatic rings. The molecule has 0 saturated heterocycles. The van der Waals surface area contributed by atoms with E-state index < -0.39 is 0 Å². The first-order valence-electron chi connectivity index (χ1n) is 4.89. The molecule has 0 saturated carbocycles. The Morgan fingerprint density at radius 3 is 2.80 bits per heavy atom. The molecule has 1 heterocycles. The van der Waals surface area contributed by atoms with Crippen LogP contribution in [0.2, 0.25) is 0 Å². The van der Waals surface area contributed by atoms with Gasteiger partial charge in [-0.25, -0.2) is 9.97 Å². The molecule has 0 aliphatic carbocycles. The molecule has 0 atom stereocenters.